The van der Waals surface area contributed by atoms with E-state index >= 15 is 0 Å². The smallest absolute Gasteiger partial charge is 0.130 e. The molecule has 1 fully saturated rings. The van der Waals surface area contributed by atoms with Gasteiger partial charge in [-0.2, -0.15) is 5.10 Å². The molecular weight excluding hydrogens is 268 g/mol. The topological polar surface area (TPSA) is 32.3 Å². The highest BCUT2D eigenvalue weighted by Crippen LogP contribution is 2.22. The van der Waals surface area contributed by atoms with Crippen molar-refractivity contribution in [1.29, 1.82) is 0 Å². The summed E-state index contributed by atoms with van der Waals surface area (Å²) in [5.74, 6) is 0. The first kappa shape index (κ1) is 11.8. The molecule has 1 saturated heterocycles. The molecule has 5 heteroatoms. The van der Waals surface area contributed by atoms with Crippen LogP contribution in [0.25, 0.3) is 0 Å². The molecule has 0 saturated carbocycles. The number of rotatable bonds is 1. The third-order valence-electron chi connectivity index (χ3n) is 3.34. The molecular formula is C11H17BrN4. The molecule has 0 N–H and O–H groups in total. The summed E-state index contributed by atoms with van der Waals surface area (Å²) in [6, 6.07) is 3.16. The summed E-state index contributed by atoms with van der Waals surface area (Å²) >= 11 is 3.36. The number of piperazine rings is 1. The Bertz CT molecular complexity index is 359. The quantitative estimate of drug-likeness (QED) is 0.787. The summed E-state index contributed by atoms with van der Waals surface area (Å²) in [5, 5.41) is 7.89. The van der Waals surface area contributed by atoms with E-state index in [4.69, 9.17) is 0 Å². The molecule has 0 aromatic carbocycles. The van der Waals surface area contributed by atoms with Gasteiger partial charge in [-0.05, 0) is 42.9 Å². The summed E-state index contributed by atoms with van der Waals surface area (Å²) in [4.78, 5) is 4.79. The lowest BCUT2D eigenvalue weighted by atomic mass is 10.1. The Morgan fingerprint density at radius 1 is 1.31 bits per heavy atom. The molecule has 2 atom stereocenters. The minimum absolute atomic E-state index is 0.565. The first-order valence-corrected chi connectivity index (χ1v) is 6.32. The molecule has 0 bridgehead atoms. The van der Waals surface area contributed by atoms with Crippen molar-refractivity contribution in [1.82, 2.24) is 15.1 Å². The lowest BCUT2D eigenvalue weighted by molar-refractivity contribution is 0.170. The van der Waals surface area contributed by atoms with Gasteiger partial charge < -0.3 is 4.90 Å². The second-order valence-electron chi connectivity index (χ2n) is 4.50. The van der Waals surface area contributed by atoms with E-state index in [9.17, 15) is 0 Å². The van der Waals surface area contributed by atoms with Crippen LogP contribution >= 0.6 is 15.9 Å². The van der Waals surface area contributed by atoms with E-state index in [1.54, 1.807) is 0 Å². The summed E-state index contributed by atoms with van der Waals surface area (Å²) < 4.78 is 0.796. The molecule has 0 aliphatic carbocycles. The molecule has 0 radical (unpaired) electrons. The zero-order chi connectivity index (χ0) is 11.7. The van der Waals surface area contributed by atoms with Gasteiger partial charge in [0.05, 0.1) is 11.9 Å². The zero-order valence-electron chi connectivity index (χ0n) is 9.89. The van der Waals surface area contributed by atoms with Crippen molar-refractivity contribution < 1.29 is 0 Å². The van der Waals surface area contributed by atoms with Gasteiger partial charge in [-0.25, -0.2) is 0 Å². The maximum absolute atomic E-state index is 3.98. The van der Waals surface area contributed by atoms with E-state index in [0.29, 0.717) is 12.1 Å². The van der Waals surface area contributed by atoms with Crippen LogP contribution in [0.4, 0.5) is 5.69 Å². The monoisotopic (exact) mass is 284 g/mol. The molecule has 1 aliphatic heterocycles. The van der Waals surface area contributed by atoms with Gasteiger partial charge in [-0.3, -0.25) is 4.90 Å². The van der Waals surface area contributed by atoms with Crippen LogP contribution in [0.2, 0.25) is 0 Å². The molecule has 4 nitrogen and oxygen atoms in total. The number of hydrogen-bond acceptors (Lipinski definition) is 4. The first-order valence-electron chi connectivity index (χ1n) is 5.53. The van der Waals surface area contributed by atoms with Gasteiger partial charge in [-0.15, -0.1) is 5.10 Å². The minimum atomic E-state index is 0.565. The highest BCUT2D eigenvalue weighted by atomic mass is 79.9. The Kier molecular flexibility index (Phi) is 3.44. The van der Waals surface area contributed by atoms with Crippen LogP contribution in [0.15, 0.2) is 16.9 Å². The number of anilines is 1. The molecule has 1 aliphatic rings. The minimum Gasteiger partial charge on any atom is -0.367 e. The van der Waals surface area contributed by atoms with Gasteiger partial charge in [0, 0.05) is 25.2 Å². The highest BCUT2D eigenvalue weighted by Gasteiger charge is 2.26. The third-order valence-corrected chi connectivity index (χ3v) is 3.72. The second-order valence-corrected chi connectivity index (χ2v) is 5.32. The maximum Gasteiger partial charge on any atom is 0.130 e. The number of likely N-dealkylation sites (N-methyl/N-ethyl adjacent to an activating group) is 1. The summed E-state index contributed by atoms with van der Waals surface area (Å²) in [7, 11) is 2.19. The Hall–Kier alpha value is -0.680. The zero-order valence-corrected chi connectivity index (χ0v) is 11.5. The molecule has 1 aromatic rings. The van der Waals surface area contributed by atoms with E-state index < -0.39 is 0 Å². The first-order chi connectivity index (χ1) is 7.58. The molecule has 16 heavy (non-hydrogen) atoms. The van der Waals surface area contributed by atoms with Crippen molar-refractivity contribution in [2.75, 3.05) is 25.0 Å². The third kappa shape index (κ3) is 2.35. The summed E-state index contributed by atoms with van der Waals surface area (Å²) in [6.07, 6.45) is 1.83. The normalized spacial score (nSPS) is 27.1. The van der Waals surface area contributed by atoms with E-state index in [-0.39, 0.29) is 0 Å². The van der Waals surface area contributed by atoms with Gasteiger partial charge in [0.15, 0.2) is 0 Å². The summed E-state index contributed by atoms with van der Waals surface area (Å²) in [6.45, 7) is 6.59. The van der Waals surface area contributed by atoms with E-state index in [2.05, 4.69) is 56.8 Å². The van der Waals surface area contributed by atoms with Crippen LogP contribution in [-0.4, -0.2) is 47.3 Å². The van der Waals surface area contributed by atoms with Crippen molar-refractivity contribution in [3.63, 3.8) is 0 Å². The van der Waals surface area contributed by atoms with E-state index in [1.165, 1.54) is 0 Å². The van der Waals surface area contributed by atoms with Gasteiger partial charge in [0.1, 0.15) is 4.60 Å². The molecule has 2 heterocycles. The fourth-order valence-electron chi connectivity index (χ4n) is 2.12. The molecule has 88 valence electrons. The Balaban J connectivity index is 2.17. The van der Waals surface area contributed by atoms with E-state index in [1.807, 2.05) is 12.3 Å². The number of hydrogen-bond donors (Lipinski definition) is 0. The predicted molar refractivity (Wildman–Crippen MR) is 68.6 cm³/mol. The Labute approximate surface area is 105 Å². The lowest BCUT2D eigenvalue weighted by Crippen LogP contribution is -2.55. The van der Waals surface area contributed by atoms with E-state index in [0.717, 1.165) is 23.4 Å². The maximum atomic E-state index is 3.98. The van der Waals surface area contributed by atoms with Gasteiger partial charge in [-0.1, -0.05) is 0 Å². The second kappa shape index (κ2) is 4.67. The van der Waals surface area contributed by atoms with Gasteiger partial charge in [0.25, 0.3) is 0 Å². The van der Waals surface area contributed by atoms with Crippen molar-refractivity contribution >= 4 is 21.6 Å². The number of nitrogens with zero attached hydrogens (tertiary/aromatic N) is 4. The molecule has 0 unspecified atom stereocenters. The standard InChI is InChI=1S/C11H17BrN4/c1-8-6-16(7-9(2)15(8)3)10-4-11(12)14-13-5-10/h4-5,8-9H,6-7H2,1-3H3/t8-,9+. The SMILES string of the molecule is C[C@@H]1CN(c2cnnc(Br)c2)C[C@H](C)N1C. The highest BCUT2D eigenvalue weighted by molar-refractivity contribution is 9.10. The predicted octanol–water partition coefficient (Wildman–Crippen LogP) is 1.77. The van der Waals surface area contributed by atoms with Crippen LogP contribution in [0.3, 0.4) is 0 Å². The lowest BCUT2D eigenvalue weighted by Gasteiger charge is -2.43. The van der Waals surface area contributed by atoms with Crippen molar-refractivity contribution in [2.45, 2.75) is 25.9 Å². The molecule has 1 aromatic heterocycles. The number of aromatic nitrogens is 2. The fourth-order valence-corrected chi connectivity index (χ4v) is 2.45. The Morgan fingerprint density at radius 2 is 1.94 bits per heavy atom. The van der Waals surface area contributed by atoms with Gasteiger partial charge in [0.2, 0.25) is 0 Å². The number of halogens is 1. The van der Waals surface area contributed by atoms with Crippen molar-refractivity contribution in [2.24, 2.45) is 0 Å². The van der Waals surface area contributed by atoms with Crippen molar-refractivity contribution in [3.8, 4) is 0 Å². The Morgan fingerprint density at radius 3 is 2.50 bits per heavy atom. The van der Waals surface area contributed by atoms with Crippen LogP contribution in [0.5, 0.6) is 0 Å². The fraction of sp³-hybridized carbons (Fsp3) is 0.636. The van der Waals surface area contributed by atoms with Crippen LogP contribution in [0, 0.1) is 0 Å². The molecule has 2 rings (SSSR count). The van der Waals surface area contributed by atoms with Crippen LogP contribution < -0.4 is 4.90 Å². The van der Waals surface area contributed by atoms with Crippen LogP contribution in [-0.2, 0) is 0 Å². The van der Waals surface area contributed by atoms with Crippen molar-refractivity contribution in [3.05, 3.63) is 16.9 Å². The molecule has 0 spiro atoms. The summed E-state index contributed by atoms with van der Waals surface area (Å²) in [5.41, 5.74) is 1.15. The largest absolute Gasteiger partial charge is 0.367 e. The average Bonchev–Trinajstić information content (AvgIpc) is 2.25. The average molecular weight is 285 g/mol. The van der Waals surface area contributed by atoms with Gasteiger partial charge >= 0.3 is 0 Å². The molecule has 0 amide bonds. The van der Waals surface area contributed by atoms with Crippen LogP contribution in [0.1, 0.15) is 13.8 Å².